The van der Waals surface area contributed by atoms with Crippen molar-refractivity contribution in [1.82, 2.24) is 10.2 Å². The second-order valence-corrected chi connectivity index (χ2v) is 7.46. The number of hydrogen-bond donors (Lipinski definition) is 2. The maximum absolute atomic E-state index is 12.2. The number of aliphatic carboxylic acids is 1. The van der Waals surface area contributed by atoms with Gasteiger partial charge in [0.05, 0.1) is 0 Å². The van der Waals surface area contributed by atoms with Crippen LogP contribution in [0.15, 0.2) is 0 Å². The summed E-state index contributed by atoms with van der Waals surface area (Å²) in [6.45, 7) is 7.78. The molecule has 0 saturated carbocycles. The van der Waals surface area contributed by atoms with E-state index in [1.54, 1.807) is 4.90 Å². The van der Waals surface area contributed by atoms with Gasteiger partial charge in [-0.3, -0.25) is 4.79 Å². The predicted octanol–water partition coefficient (Wildman–Crippen LogP) is 2.09. The van der Waals surface area contributed by atoms with Gasteiger partial charge in [-0.25, -0.2) is 4.79 Å². The van der Waals surface area contributed by atoms with Crippen LogP contribution >= 0.6 is 0 Å². The number of rotatable bonds is 2. The Bertz CT molecular complexity index is 419. The van der Waals surface area contributed by atoms with Crippen LogP contribution in [0.4, 0.5) is 4.79 Å². The fraction of sp³-hybridized carbons (Fsp3) is 0.875. The molecule has 2 saturated heterocycles. The van der Waals surface area contributed by atoms with Gasteiger partial charge in [0.15, 0.2) is 0 Å². The lowest BCUT2D eigenvalue weighted by Gasteiger charge is -2.40. The quantitative estimate of drug-likeness (QED) is 0.816. The van der Waals surface area contributed by atoms with E-state index < -0.39 is 17.6 Å². The van der Waals surface area contributed by atoms with Crippen molar-refractivity contribution in [2.45, 2.75) is 58.1 Å². The molecule has 2 fully saturated rings. The largest absolute Gasteiger partial charge is 0.480 e. The minimum Gasteiger partial charge on any atom is -0.480 e. The molecule has 0 aliphatic carbocycles. The van der Waals surface area contributed by atoms with Crippen molar-refractivity contribution < 1.29 is 19.4 Å². The van der Waals surface area contributed by atoms with Gasteiger partial charge in [-0.1, -0.05) is 0 Å². The van der Waals surface area contributed by atoms with Crippen LogP contribution < -0.4 is 5.32 Å². The zero-order chi connectivity index (χ0) is 16.3. The lowest BCUT2D eigenvalue weighted by Crippen LogP contribution is -2.49. The molecule has 0 bridgehead atoms. The maximum atomic E-state index is 12.2. The highest BCUT2D eigenvalue weighted by molar-refractivity contribution is 5.73. The van der Waals surface area contributed by atoms with Gasteiger partial charge in [0.1, 0.15) is 11.6 Å². The number of amides is 1. The third-order valence-electron chi connectivity index (χ3n) is 4.52. The van der Waals surface area contributed by atoms with E-state index in [1.165, 1.54) is 0 Å². The van der Waals surface area contributed by atoms with Crippen molar-refractivity contribution in [3.63, 3.8) is 0 Å². The Morgan fingerprint density at radius 2 is 1.95 bits per heavy atom. The molecule has 3 unspecified atom stereocenters. The monoisotopic (exact) mass is 312 g/mol. The normalized spacial score (nSPS) is 30.0. The third kappa shape index (κ3) is 4.60. The first-order valence-corrected chi connectivity index (χ1v) is 8.20. The minimum atomic E-state index is -0.774. The summed E-state index contributed by atoms with van der Waals surface area (Å²) in [5, 5.41) is 12.2. The highest BCUT2D eigenvalue weighted by atomic mass is 16.6. The average molecular weight is 312 g/mol. The molecule has 0 radical (unpaired) electrons. The van der Waals surface area contributed by atoms with E-state index in [4.69, 9.17) is 4.74 Å². The molecule has 126 valence electrons. The van der Waals surface area contributed by atoms with Crippen molar-refractivity contribution in [3.05, 3.63) is 0 Å². The molecule has 2 aliphatic heterocycles. The van der Waals surface area contributed by atoms with Crippen LogP contribution in [0.2, 0.25) is 0 Å². The Morgan fingerprint density at radius 3 is 2.59 bits per heavy atom. The zero-order valence-corrected chi connectivity index (χ0v) is 13.8. The number of ether oxygens (including phenoxy) is 1. The van der Waals surface area contributed by atoms with Gasteiger partial charge in [0, 0.05) is 13.1 Å². The maximum Gasteiger partial charge on any atom is 0.410 e. The van der Waals surface area contributed by atoms with Crippen LogP contribution in [-0.4, -0.2) is 53.3 Å². The predicted molar refractivity (Wildman–Crippen MR) is 82.7 cm³/mol. The summed E-state index contributed by atoms with van der Waals surface area (Å²) in [6.07, 6.45) is 3.42. The molecular weight excluding hydrogens is 284 g/mol. The number of nitrogens with zero attached hydrogens (tertiary/aromatic N) is 1. The van der Waals surface area contributed by atoms with Crippen LogP contribution in [0.25, 0.3) is 0 Å². The zero-order valence-electron chi connectivity index (χ0n) is 13.8. The van der Waals surface area contributed by atoms with Crippen molar-refractivity contribution in [3.8, 4) is 0 Å². The summed E-state index contributed by atoms with van der Waals surface area (Å²) in [4.78, 5) is 25.2. The summed E-state index contributed by atoms with van der Waals surface area (Å²) in [5.41, 5.74) is -0.479. The van der Waals surface area contributed by atoms with E-state index in [2.05, 4.69) is 5.32 Å². The summed E-state index contributed by atoms with van der Waals surface area (Å²) < 4.78 is 5.45. The van der Waals surface area contributed by atoms with Gasteiger partial charge < -0.3 is 20.1 Å². The molecule has 6 nitrogen and oxygen atoms in total. The smallest absolute Gasteiger partial charge is 0.410 e. The Morgan fingerprint density at radius 1 is 1.23 bits per heavy atom. The number of carboxylic acids is 1. The SMILES string of the molecule is CC(C)(C)OC(=O)N1CCCC(C2CCNC(C(=O)O)C2)C1. The topological polar surface area (TPSA) is 78.9 Å². The molecule has 0 aromatic rings. The fourth-order valence-corrected chi connectivity index (χ4v) is 3.45. The molecule has 2 heterocycles. The number of likely N-dealkylation sites (tertiary alicyclic amines) is 1. The molecule has 1 amide bonds. The summed E-state index contributed by atoms with van der Waals surface area (Å²) in [6, 6.07) is -0.448. The van der Waals surface area contributed by atoms with Crippen LogP contribution in [0, 0.1) is 11.8 Å². The number of carbonyl (C=O) groups excluding carboxylic acids is 1. The van der Waals surface area contributed by atoms with Gasteiger partial charge in [-0.2, -0.15) is 0 Å². The number of carboxylic acid groups (broad SMARTS) is 1. The third-order valence-corrected chi connectivity index (χ3v) is 4.52. The lowest BCUT2D eigenvalue weighted by atomic mass is 9.78. The first kappa shape index (κ1) is 17.1. The van der Waals surface area contributed by atoms with Gasteiger partial charge >= 0.3 is 12.1 Å². The lowest BCUT2D eigenvalue weighted by molar-refractivity contribution is -0.140. The van der Waals surface area contributed by atoms with Gasteiger partial charge in [-0.15, -0.1) is 0 Å². The van der Waals surface area contributed by atoms with Gasteiger partial charge in [0.2, 0.25) is 0 Å². The molecule has 22 heavy (non-hydrogen) atoms. The molecule has 2 N–H and O–H groups in total. The van der Waals surface area contributed by atoms with Crippen molar-refractivity contribution in [2.75, 3.05) is 19.6 Å². The Hall–Kier alpha value is -1.30. The first-order valence-electron chi connectivity index (χ1n) is 8.20. The fourth-order valence-electron chi connectivity index (χ4n) is 3.45. The number of piperidine rings is 2. The molecule has 2 aliphatic rings. The molecule has 0 aromatic heterocycles. The Balaban J connectivity index is 1.92. The van der Waals surface area contributed by atoms with E-state index in [0.29, 0.717) is 24.8 Å². The Kier molecular flexibility index (Phi) is 5.32. The van der Waals surface area contributed by atoms with E-state index in [1.807, 2.05) is 20.8 Å². The van der Waals surface area contributed by atoms with Gasteiger partial charge in [0.25, 0.3) is 0 Å². The summed E-state index contributed by atoms with van der Waals surface area (Å²) in [7, 11) is 0. The van der Waals surface area contributed by atoms with E-state index in [-0.39, 0.29) is 6.09 Å². The average Bonchev–Trinajstić information content (AvgIpc) is 2.46. The summed E-state index contributed by atoms with van der Waals surface area (Å²) in [5.74, 6) is -0.0256. The van der Waals surface area contributed by atoms with Crippen LogP contribution in [0.3, 0.4) is 0 Å². The molecular formula is C16H28N2O4. The highest BCUT2D eigenvalue weighted by Crippen LogP contribution is 2.32. The van der Waals surface area contributed by atoms with Crippen molar-refractivity contribution >= 4 is 12.1 Å². The van der Waals surface area contributed by atoms with Crippen LogP contribution in [0.5, 0.6) is 0 Å². The van der Waals surface area contributed by atoms with Crippen molar-refractivity contribution in [2.24, 2.45) is 11.8 Å². The number of hydrogen-bond acceptors (Lipinski definition) is 4. The van der Waals surface area contributed by atoms with E-state index in [9.17, 15) is 14.7 Å². The molecule has 0 aromatic carbocycles. The number of nitrogens with one attached hydrogen (secondary N) is 1. The van der Waals surface area contributed by atoms with Gasteiger partial charge in [-0.05, 0) is 64.8 Å². The molecule has 0 spiro atoms. The molecule has 6 heteroatoms. The highest BCUT2D eigenvalue weighted by Gasteiger charge is 2.35. The van der Waals surface area contributed by atoms with E-state index in [0.717, 1.165) is 32.4 Å². The second kappa shape index (κ2) is 6.86. The standard InChI is InChI=1S/C16H28N2O4/c1-16(2,3)22-15(21)18-8-4-5-12(10-18)11-6-7-17-13(9-11)14(19)20/h11-13,17H,4-10H2,1-3H3,(H,19,20). The molecule has 2 rings (SSSR count). The Labute approximate surface area is 132 Å². The van der Waals surface area contributed by atoms with Crippen LogP contribution in [-0.2, 0) is 9.53 Å². The van der Waals surface area contributed by atoms with Crippen molar-refractivity contribution in [1.29, 1.82) is 0 Å². The molecule has 3 atom stereocenters. The van der Waals surface area contributed by atoms with E-state index >= 15 is 0 Å². The second-order valence-electron chi connectivity index (χ2n) is 7.46. The summed E-state index contributed by atoms with van der Waals surface area (Å²) >= 11 is 0. The first-order chi connectivity index (χ1) is 10.3. The minimum absolute atomic E-state index is 0.249. The number of carbonyl (C=O) groups is 2. The van der Waals surface area contributed by atoms with Crippen LogP contribution in [0.1, 0.15) is 46.5 Å².